The number of hydrogen-bond acceptors (Lipinski definition) is 4. The van der Waals surface area contributed by atoms with E-state index in [1.165, 1.54) is 12.1 Å². The summed E-state index contributed by atoms with van der Waals surface area (Å²) in [6.45, 7) is 1.10. The molecule has 0 heterocycles. The predicted octanol–water partition coefficient (Wildman–Crippen LogP) is 3.60. The number of halogens is 2. The first-order valence-corrected chi connectivity index (χ1v) is 7.98. The molecule has 7 heteroatoms. The molecule has 1 N–H and O–H groups in total. The SMILES string of the molecule is CCc1ccccc1OCC(=O)OCC(=O)Nc1cc(Cl)ccc1F. The van der Waals surface area contributed by atoms with Crippen LogP contribution >= 0.6 is 11.6 Å². The summed E-state index contributed by atoms with van der Waals surface area (Å²) in [4.78, 5) is 23.4. The minimum absolute atomic E-state index is 0.0818. The van der Waals surface area contributed by atoms with E-state index in [0.29, 0.717) is 5.75 Å². The number of para-hydroxylation sites is 1. The second-order valence-electron chi connectivity index (χ2n) is 5.08. The molecule has 132 valence electrons. The molecule has 0 unspecified atom stereocenters. The van der Waals surface area contributed by atoms with E-state index in [4.69, 9.17) is 21.1 Å². The number of carbonyl (C=O) groups excluding carboxylic acids is 2. The van der Waals surface area contributed by atoms with Crippen LogP contribution in [0, 0.1) is 5.82 Å². The first-order valence-electron chi connectivity index (χ1n) is 7.60. The average Bonchev–Trinajstić information content (AvgIpc) is 2.61. The summed E-state index contributed by atoms with van der Waals surface area (Å²) in [6.07, 6.45) is 0.763. The summed E-state index contributed by atoms with van der Waals surface area (Å²) in [5.74, 6) is -1.42. The van der Waals surface area contributed by atoms with Crippen molar-refractivity contribution in [3.8, 4) is 5.75 Å². The van der Waals surface area contributed by atoms with Gasteiger partial charge in [-0.1, -0.05) is 36.7 Å². The molecule has 2 rings (SSSR count). The molecule has 0 aliphatic rings. The van der Waals surface area contributed by atoms with Crippen LogP contribution in [0.4, 0.5) is 10.1 Å². The van der Waals surface area contributed by atoms with Crippen molar-refractivity contribution in [2.45, 2.75) is 13.3 Å². The molecule has 0 fully saturated rings. The molecule has 2 aromatic carbocycles. The second-order valence-corrected chi connectivity index (χ2v) is 5.52. The maximum atomic E-state index is 13.5. The molecule has 0 bridgehead atoms. The van der Waals surface area contributed by atoms with Gasteiger partial charge in [0.2, 0.25) is 0 Å². The highest BCUT2D eigenvalue weighted by Crippen LogP contribution is 2.19. The van der Waals surface area contributed by atoms with Crippen LogP contribution in [-0.2, 0) is 20.7 Å². The maximum absolute atomic E-state index is 13.5. The molecule has 0 saturated heterocycles. The highest BCUT2D eigenvalue weighted by atomic mass is 35.5. The van der Waals surface area contributed by atoms with Crippen LogP contribution in [0.2, 0.25) is 5.02 Å². The van der Waals surface area contributed by atoms with E-state index in [2.05, 4.69) is 5.32 Å². The number of benzene rings is 2. The van der Waals surface area contributed by atoms with Gasteiger partial charge in [-0.05, 0) is 36.2 Å². The lowest BCUT2D eigenvalue weighted by atomic mass is 10.1. The molecule has 0 spiro atoms. The van der Waals surface area contributed by atoms with Gasteiger partial charge in [-0.25, -0.2) is 9.18 Å². The van der Waals surface area contributed by atoms with E-state index < -0.39 is 24.3 Å². The van der Waals surface area contributed by atoms with Crippen molar-refractivity contribution >= 4 is 29.2 Å². The highest BCUT2D eigenvalue weighted by Gasteiger charge is 2.12. The van der Waals surface area contributed by atoms with Gasteiger partial charge >= 0.3 is 5.97 Å². The summed E-state index contributed by atoms with van der Waals surface area (Å²) < 4.78 is 23.7. The summed E-state index contributed by atoms with van der Waals surface area (Å²) in [5, 5.41) is 2.56. The number of aryl methyl sites for hydroxylation is 1. The normalized spacial score (nSPS) is 10.2. The molecule has 0 saturated carbocycles. The fourth-order valence-corrected chi connectivity index (χ4v) is 2.21. The van der Waals surface area contributed by atoms with Gasteiger partial charge in [-0.3, -0.25) is 4.79 Å². The number of esters is 1. The third kappa shape index (κ3) is 5.76. The number of hydrogen-bond donors (Lipinski definition) is 1. The van der Waals surface area contributed by atoms with Gasteiger partial charge in [0, 0.05) is 5.02 Å². The van der Waals surface area contributed by atoms with Crippen molar-refractivity contribution in [2.75, 3.05) is 18.5 Å². The minimum atomic E-state index is -0.701. The summed E-state index contributed by atoms with van der Waals surface area (Å²) in [6, 6.07) is 11.1. The van der Waals surface area contributed by atoms with Crippen LogP contribution in [0.3, 0.4) is 0 Å². The second kappa shape index (κ2) is 9.03. The maximum Gasteiger partial charge on any atom is 0.344 e. The van der Waals surface area contributed by atoms with E-state index in [-0.39, 0.29) is 17.3 Å². The fourth-order valence-electron chi connectivity index (χ4n) is 2.04. The summed E-state index contributed by atoms with van der Waals surface area (Å²) in [5.41, 5.74) is 0.881. The number of nitrogens with one attached hydrogen (secondary N) is 1. The number of rotatable bonds is 7. The van der Waals surface area contributed by atoms with E-state index in [1.54, 1.807) is 12.1 Å². The van der Waals surface area contributed by atoms with E-state index in [0.717, 1.165) is 18.1 Å². The van der Waals surface area contributed by atoms with Crippen molar-refractivity contribution in [3.05, 3.63) is 58.9 Å². The van der Waals surface area contributed by atoms with Gasteiger partial charge in [0.25, 0.3) is 5.91 Å². The van der Waals surface area contributed by atoms with Crippen LogP contribution in [0.25, 0.3) is 0 Å². The zero-order chi connectivity index (χ0) is 18.2. The molecule has 0 radical (unpaired) electrons. The Balaban J connectivity index is 1.79. The predicted molar refractivity (Wildman–Crippen MR) is 92.3 cm³/mol. The van der Waals surface area contributed by atoms with Crippen molar-refractivity contribution in [3.63, 3.8) is 0 Å². The van der Waals surface area contributed by atoms with Gasteiger partial charge in [-0.2, -0.15) is 0 Å². The Kier molecular flexibility index (Phi) is 6.77. The fraction of sp³-hybridized carbons (Fsp3) is 0.222. The molecule has 0 aliphatic heterocycles. The lowest BCUT2D eigenvalue weighted by Crippen LogP contribution is -2.24. The third-order valence-electron chi connectivity index (χ3n) is 3.27. The molecule has 0 aromatic heterocycles. The lowest BCUT2D eigenvalue weighted by molar-refractivity contribution is -0.149. The first kappa shape index (κ1) is 18.7. The molecule has 5 nitrogen and oxygen atoms in total. The lowest BCUT2D eigenvalue weighted by Gasteiger charge is -2.10. The van der Waals surface area contributed by atoms with E-state index in [1.807, 2.05) is 19.1 Å². The number of carbonyl (C=O) groups is 2. The highest BCUT2D eigenvalue weighted by molar-refractivity contribution is 6.30. The zero-order valence-corrected chi connectivity index (χ0v) is 14.3. The van der Waals surface area contributed by atoms with E-state index in [9.17, 15) is 14.0 Å². The first-order chi connectivity index (χ1) is 12.0. The van der Waals surface area contributed by atoms with Crippen LogP contribution in [-0.4, -0.2) is 25.1 Å². The van der Waals surface area contributed by atoms with Gasteiger partial charge in [0.15, 0.2) is 13.2 Å². The van der Waals surface area contributed by atoms with Gasteiger partial charge < -0.3 is 14.8 Å². The molecule has 2 aromatic rings. The van der Waals surface area contributed by atoms with Crippen molar-refractivity contribution < 1.29 is 23.5 Å². The molecular weight excluding hydrogens is 349 g/mol. The number of amides is 1. The van der Waals surface area contributed by atoms with Gasteiger partial charge in [0.05, 0.1) is 5.69 Å². The Morgan fingerprint density at radius 3 is 2.68 bits per heavy atom. The summed E-state index contributed by atoms with van der Waals surface area (Å²) >= 11 is 5.73. The van der Waals surface area contributed by atoms with Crippen LogP contribution in [0.5, 0.6) is 5.75 Å². The Hall–Kier alpha value is -2.60. The number of ether oxygens (including phenoxy) is 2. The quantitative estimate of drug-likeness (QED) is 0.761. The Morgan fingerprint density at radius 1 is 1.16 bits per heavy atom. The Bertz CT molecular complexity index is 766. The van der Waals surface area contributed by atoms with Crippen LogP contribution < -0.4 is 10.1 Å². The average molecular weight is 366 g/mol. The number of anilines is 1. The van der Waals surface area contributed by atoms with Crippen LogP contribution in [0.15, 0.2) is 42.5 Å². The largest absolute Gasteiger partial charge is 0.482 e. The molecule has 1 amide bonds. The van der Waals surface area contributed by atoms with E-state index >= 15 is 0 Å². The van der Waals surface area contributed by atoms with Crippen LogP contribution in [0.1, 0.15) is 12.5 Å². The van der Waals surface area contributed by atoms with Crippen molar-refractivity contribution in [2.24, 2.45) is 0 Å². The molecular formula is C18H17ClFNO4. The topological polar surface area (TPSA) is 64.6 Å². The molecule has 0 atom stereocenters. The molecule has 0 aliphatic carbocycles. The Labute approximate surface area is 149 Å². The Morgan fingerprint density at radius 2 is 1.92 bits per heavy atom. The third-order valence-corrected chi connectivity index (χ3v) is 3.50. The smallest absolute Gasteiger partial charge is 0.344 e. The van der Waals surface area contributed by atoms with Gasteiger partial charge in [-0.15, -0.1) is 0 Å². The van der Waals surface area contributed by atoms with Crippen molar-refractivity contribution in [1.29, 1.82) is 0 Å². The monoisotopic (exact) mass is 365 g/mol. The van der Waals surface area contributed by atoms with Crippen molar-refractivity contribution in [1.82, 2.24) is 0 Å². The van der Waals surface area contributed by atoms with Gasteiger partial charge in [0.1, 0.15) is 11.6 Å². The standard InChI is InChI=1S/C18H17ClFNO4/c1-2-12-5-3-4-6-16(12)24-11-18(23)25-10-17(22)21-15-9-13(19)7-8-14(15)20/h3-9H,2,10-11H2,1H3,(H,21,22). The zero-order valence-electron chi connectivity index (χ0n) is 13.6. The minimum Gasteiger partial charge on any atom is -0.482 e. The summed E-state index contributed by atoms with van der Waals surface area (Å²) in [7, 11) is 0. The molecule has 25 heavy (non-hydrogen) atoms.